The van der Waals surface area contributed by atoms with Crippen molar-refractivity contribution in [3.05, 3.63) is 71.0 Å². The number of para-hydroxylation sites is 1. The van der Waals surface area contributed by atoms with Gasteiger partial charge in [-0.2, -0.15) is 4.98 Å². The zero-order chi connectivity index (χ0) is 25.4. The Morgan fingerprint density at radius 1 is 1.11 bits per heavy atom. The van der Waals surface area contributed by atoms with E-state index in [4.69, 9.17) is 17.3 Å². The first-order valence-electron chi connectivity index (χ1n) is 12.1. The average Bonchev–Trinajstić information content (AvgIpc) is 3.25. The van der Waals surface area contributed by atoms with Gasteiger partial charge < -0.3 is 16.0 Å². The van der Waals surface area contributed by atoms with Gasteiger partial charge in [-0.1, -0.05) is 29.8 Å². The van der Waals surface area contributed by atoms with Crippen molar-refractivity contribution in [1.29, 1.82) is 0 Å². The van der Waals surface area contributed by atoms with E-state index in [2.05, 4.69) is 58.0 Å². The number of nitrogens with two attached hydrogens (primary N) is 1. The predicted octanol–water partition coefficient (Wildman–Crippen LogP) is 4.76. The fourth-order valence-corrected chi connectivity index (χ4v) is 5.02. The van der Waals surface area contributed by atoms with Crippen LogP contribution in [0.15, 0.2) is 54.9 Å². The number of carbonyl (C=O) groups is 1. The van der Waals surface area contributed by atoms with Crippen LogP contribution < -0.4 is 16.0 Å². The van der Waals surface area contributed by atoms with E-state index in [0.717, 1.165) is 42.8 Å². The van der Waals surface area contributed by atoms with Crippen molar-refractivity contribution in [2.24, 2.45) is 5.73 Å². The largest absolute Gasteiger partial charge is 0.369 e. The molecule has 1 amide bonds. The van der Waals surface area contributed by atoms with Crippen molar-refractivity contribution in [2.45, 2.75) is 26.8 Å². The summed E-state index contributed by atoms with van der Waals surface area (Å²) in [4.78, 5) is 26.0. The van der Waals surface area contributed by atoms with E-state index >= 15 is 0 Å². The fraction of sp³-hybridized carbons (Fsp3) is 0.296. The zero-order valence-corrected chi connectivity index (χ0v) is 21.5. The number of hydrogen-bond acceptors (Lipinski definition) is 6. The maximum absolute atomic E-state index is 12.0. The van der Waals surface area contributed by atoms with Crippen molar-refractivity contribution in [3.8, 4) is 5.82 Å². The summed E-state index contributed by atoms with van der Waals surface area (Å²) >= 11 is 6.49. The first kappa shape index (κ1) is 24.1. The number of nitrogens with zero attached hydrogens (tertiary/aromatic N) is 5. The van der Waals surface area contributed by atoms with Crippen LogP contribution in [0.2, 0.25) is 5.02 Å². The molecule has 0 bridgehead atoms. The molecule has 2 aromatic carbocycles. The van der Waals surface area contributed by atoms with Gasteiger partial charge in [0.1, 0.15) is 5.02 Å². The fourth-order valence-electron chi connectivity index (χ4n) is 4.83. The molecular formula is C27H30ClN7O. The van der Waals surface area contributed by atoms with Gasteiger partial charge in [0, 0.05) is 55.2 Å². The summed E-state index contributed by atoms with van der Waals surface area (Å²) in [5.41, 5.74) is 10.1. The third-order valence-corrected chi connectivity index (χ3v) is 7.04. The smallest absolute Gasteiger partial charge is 0.250 e. The second-order valence-corrected chi connectivity index (χ2v) is 9.81. The lowest BCUT2D eigenvalue weighted by atomic mass is 10.1. The highest BCUT2D eigenvalue weighted by atomic mass is 35.5. The Bertz CT molecular complexity index is 1420. The summed E-state index contributed by atoms with van der Waals surface area (Å²) in [6.45, 7) is 10.8. The van der Waals surface area contributed by atoms with Crippen LogP contribution in [0.25, 0.3) is 16.7 Å². The van der Waals surface area contributed by atoms with E-state index in [1.165, 1.54) is 11.3 Å². The second kappa shape index (κ2) is 9.79. The molecule has 0 spiro atoms. The van der Waals surface area contributed by atoms with Gasteiger partial charge in [-0.25, -0.2) is 4.98 Å². The van der Waals surface area contributed by atoms with Gasteiger partial charge in [0.25, 0.3) is 5.91 Å². The molecule has 0 saturated carbocycles. The predicted molar refractivity (Wildman–Crippen MR) is 146 cm³/mol. The molecule has 0 unspecified atom stereocenters. The van der Waals surface area contributed by atoms with Gasteiger partial charge in [-0.05, 0) is 50.6 Å². The molecule has 0 aliphatic carbocycles. The molecule has 0 radical (unpaired) electrons. The number of nitrogens with one attached hydrogen (secondary N) is 1. The van der Waals surface area contributed by atoms with Crippen LogP contribution in [0.4, 0.5) is 17.3 Å². The summed E-state index contributed by atoms with van der Waals surface area (Å²) in [5.74, 6) is 0.370. The van der Waals surface area contributed by atoms with Gasteiger partial charge in [-0.15, -0.1) is 0 Å². The molecule has 36 heavy (non-hydrogen) atoms. The number of anilines is 3. The summed E-state index contributed by atoms with van der Waals surface area (Å²) in [6, 6.07) is 14.4. The molecule has 186 valence electrons. The summed E-state index contributed by atoms with van der Waals surface area (Å²) in [6.07, 6.45) is 3.23. The normalized spacial score (nSPS) is 14.5. The lowest BCUT2D eigenvalue weighted by Crippen LogP contribution is -2.49. The molecule has 9 heteroatoms. The summed E-state index contributed by atoms with van der Waals surface area (Å²) < 4.78 is 1.77. The van der Waals surface area contributed by atoms with E-state index in [9.17, 15) is 4.79 Å². The van der Waals surface area contributed by atoms with Gasteiger partial charge in [0.2, 0.25) is 5.95 Å². The molecule has 1 saturated heterocycles. The Balaban J connectivity index is 1.40. The Labute approximate surface area is 215 Å². The Hall–Kier alpha value is -3.62. The number of halogens is 1. The van der Waals surface area contributed by atoms with Crippen molar-refractivity contribution in [3.63, 3.8) is 0 Å². The molecule has 5 rings (SSSR count). The second-order valence-electron chi connectivity index (χ2n) is 9.40. The molecule has 3 N–H and O–H groups in total. The lowest BCUT2D eigenvalue weighted by molar-refractivity contribution is 0.100. The van der Waals surface area contributed by atoms with Gasteiger partial charge in [-0.3, -0.25) is 14.3 Å². The van der Waals surface area contributed by atoms with Crippen LogP contribution in [0.5, 0.6) is 0 Å². The van der Waals surface area contributed by atoms with Crippen molar-refractivity contribution in [1.82, 2.24) is 19.4 Å². The third-order valence-electron chi connectivity index (χ3n) is 6.77. The maximum Gasteiger partial charge on any atom is 0.250 e. The van der Waals surface area contributed by atoms with Crippen molar-refractivity contribution in [2.75, 3.05) is 36.4 Å². The number of carbonyl (C=O) groups excluding carboxylic acids is 1. The number of rotatable bonds is 6. The third kappa shape index (κ3) is 4.62. The van der Waals surface area contributed by atoms with E-state index < -0.39 is 5.91 Å². The molecule has 1 aliphatic heterocycles. The van der Waals surface area contributed by atoms with Crippen molar-refractivity contribution < 1.29 is 4.79 Å². The van der Waals surface area contributed by atoms with E-state index in [0.29, 0.717) is 28.4 Å². The number of primary amides is 1. The van der Waals surface area contributed by atoms with Gasteiger partial charge in [0.05, 0.1) is 17.3 Å². The number of fused-ring (bicyclic) bond motifs is 1. The molecule has 3 heterocycles. The molecule has 4 aromatic rings. The minimum absolute atomic E-state index is 0.365. The van der Waals surface area contributed by atoms with E-state index in [1.807, 2.05) is 30.3 Å². The SMILES string of the molecule is Cc1cc(Nc2ncc(Cl)c(-n3cc(C(N)=O)c4ccccc43)n2)ccc1N1CCN(C(C)C)CC1. The quantitative estimate of drug-likeness (QED) is 0.394. The topological polar surface area (TPSA) is 92.3 Å². The molecule has 1 fully saturated rings. The zero-order valence-electron chi connectivity index (χ0n) is 20.7. The molecule has 0 atom stereocenters. The Morgan fingerprint density at radius 3 is 2.56 bits per heavy atom. The standard InChI is InChI=1S/C27H30ClN7O/c1-17(2)33-10-12-34(13-11-33)23-9-8-19(14-18(23)3)31-27-30-15-22(28)26(32-27)35-16-21(25(29)36)20-6-4-5-7-24(20)35/h4-9,14-17H,10-13H2,1-3H3,(H2,29,36)(H,30,31,32). The first-order valence-corrected chi connectivity index (χ1v) is 12.5. The number of benzene rings is 2. The van der Waals surface area contributed by atoms with Gasteiger partial charge in [0.15, 0.2) is 5.82 Å². The van der Waals surface area contributed by atoms with Crippen LogP contribution in [0.1, 0.15) is 29.8 Å². The van der Waals surface area contributed by atoms with Crippen LogP contribution in [-0.4, -0.2) is 57.6 Å². The van der Waals surface area contributed by atoms with Crippen molar-refractivity contribution >= 4 is 45.7 Å². The van der Waals surface area contributed by atoms with Crippen LogP contribution >= 0.6 is 11.6 Å². The summed E-state index contributed by atoms with van der Waals surface area (Å²) in [7, 11) is 0. The highest BCUT2D eigenvalue weighted by molar-refractivity contribution is 6.32. The number of aryl methyl sites for hydroxylation is 1. The number of amides is 1. The minimum Gasteiger partial charge on any atom is -0.369 e. The number of hydrogen-bond donors (Lipinski definition) is 2. The molecule has 8 nitrogen and oxygen atoms in total. The highest BCUT2D eigenvalue weighted by Crippen LogP contribution is 2.30. The number of piperazine rings is 1. The van der Waals surface area contributed by atoms with E-state index in [1.54, 1.807) is 17.0 Å². The lowest BCUT2D eigenvalue weighted by Gasteiger charge is -2.38. The molecule has 1 aliphatic rings. The van der Waals surface area contributed by atoms with Crippen LogP contribution in [0, 0.1) is 6.92 Å². The minimum atomic E-state index is -0.505. The van der Waals surface area contributed by atoms with Gasteiger partial charge >= 0.3 is 0 Å². The Kier molecular flexibility index (Phi) is 6.55. The monoisotopic (exact) mass is 503 g/mol. The van der Waals surface area contributed by atoms with Crippen LogP contribution in [0.3, 0.4) is 0 Å². The Morgan fingerprint density at radius 2 is 1.86 bits per heavy atom. The molecule has 2 aromatic heterocycles. The average molecular weight is 504 g/mol. The van der Waals surface area contributed by atoms with E-state index in [-0.39, 0.29) is 0 Å². The number of aromatic nitrogens is 3. The summed E-state index contributed by atoms with van der Waals surface area (Å²) in [5, 5.41) is 4.41. The molecular weight excluding hydrogens is 474 g/mol. The first-order chi connectivity index (χ1) is 17.3. The maximum atomic E-state index is 12.0. The van der Waals surface area contributed by atoms with Crippen LogP contribution in [-0.2, 0) is 0 Å². The highest BCUT2D eigenvalue weighted by Gasteiger charge is 2.20.